The molecule has 0 bridgehead atoms. The maximum absolute atomic E-state index is 11.7. The smallest absolute Gasteiger partial charge is 0.139 e. The van der Waals surface area contributed by atoms with Gasteiger partial charge in [0.2, 0.25) is 0 Å². The van der Waals surface area contributed by atoms with Crippen molar-refractivity contribution in [2.45, 2.75) is 45.4 Å². The molecule has 0 saturated heterocycles. The van der Waals surface area contributed by atoms with Crippen LogP contribution < -0.4 is 0 Å². The van der Waals surface area contributed by atoms with Crippen molar-refractivity contribution in [1.29, 1.82) is 0 Å². The first-order chi connectivity index (χ1) is 6.14. The van der Waals surface area contributed by atoms with Gasteiger partial charge in [-0.2, -0.15) is 0 Å². The van der Waals surface area contributed by atoms with E-state index in [-0.39, 0.29) is 11.3 Å². The Balaban J connectivity index is 2.29. The first kappa shape index (κ1) is 8.92. The molecule has 2 aliphatic rings. The SMILES string of the molecule is CC12CCCC(=O)C1CCCC2=O. The first-order valence-corrected chi connectivity index (χ1v) is 5.20. The Hall–Kier alpha value is -0.660. The van der Waals surface area contributed by atoms with Crippen LogP contribution in [-0.2, 0) is 9.59 Å². The molecule has 0 amide bonds. The molecule has 2 nitrogen and oxygen atoms in total. The number of rotatable bonds is 0. The molecule has 2 aliphatic carbocycles. The second-order valence-corrected chi connectivity index (χ2v) is 4.61. The van der Waals surface area contributed by atoms with Gasteiger partial charge in [0.15, 0.2) is 0 Å². The number of fused-ring (bicyclic) bond motifs is 1. The van der Waals surface area contributed by atoms with Gasteiger partial charge in [0.05, 0.1) is 0 Å². The summed E-state index contributed by atoms with van der Waals surface area (Å²) in [4.78, 5) is 23.4. The lowest BCUT2D eigenvalue weighted by Gasteiger charge is -2.42. The fourth-order valence-electron chi connectivity index (χ4n) is 2.90. The van der Waals surface area contributed by atoms with Crippen LogP contribution in [0.2, 0.25) is 0 Å². The van der Waals surface area contributed by atoms with Crippen molar-refractivity contribution >= 4 is 11.6 Å². The third kappa shape index (κ3) is 1.23. The Morgan fingerprint density at radius 1 is 1.23 bits per heavy atom. The van der Waals surface area contributed by atoms with E-state index in [1.165, 1.54) is 0 Å². The van der Waals surface area contributed by atoms with E-state index < -0.39 is 0 Å². The largest absolute Gasteiger partial charge is 0.299 e. The van der Waals surface area contributed by atoms with Gasteiger partial charge in [-0.15, -0.1) is 0 Å². The van der Waals surface area contributed by atoms with Crippen molar-refractivity contribution in [3.05, 3.63) is 0 Å². The van der Waals surface area contributed by atoms with Gasteiger partial charge in [-0.05, 0) is 25.7 Å². The van der Waals surface area contributed by atoms with E-state index in [0.717, 1.165) is 25.7 Å². The summed E-state index contributed by atoms with van der Waals surface area (Å²) in [6.45, 7) is 2.00. The van der Waals surface area contributed by atoms with Gasteiger partial charge in [0, 0.05) is 24.2 Å². The van der Waals surface area contributed by atoms with E-state index in [1.54, 1.807) is 0 Å². The lowest BCUT2D eigenvalue weighted by Crippen LogP contribution is -2.45. The van der Waals surface area contributed by atoms with Crippen LogP contribution >= 0.6 is 0 Å². The molecule has 2 unspecified atom stereocenters. The Kier molecular flexibility index (Phi) is 2.01. The predicted octanol–water partition coefficient (Wildman–Crippen LogP) is 2.11. The van der Waals surface area contributed by atoms with Gasteiger partial charge in [0.1, 0.15) is 11.6 Å². The summed E-state index contributed by atoms with van der Waals surface area (Å²) in [5.74, 6) is 0.723. The highest BCUT2D eigenvalue weighted by Gasteiger charge is 2.48. The number of hydrogen-bond acceptors (Lipinski definition) is 2. The second-order valence-electron chi connectivity index (χ2n) is 4.61. The summed E-state index contributed by atoms with van der Waals surface area (Å²) in [5.41, 5.74) is -0.284. The standard InChI is InChI=1S/C11H16O2/c1-11-7-3-5-9(12)8(11)4-2-6-10(11)13/h8H,2-7H2,1H3. The molecule has 72 valence electrons. The normalized spacial score (nSPS) is 40.2. The van der Waals surface area contributed by atoms with E-state index in [2.05, 4.69) is 0 Å². The van der Waals surface area contributed by atoms with Crippen LogP contribution in [-0.4, -0.2) is 11.6 Å². The zero-order chi connectivity index (χ0) is 9.47. The number of Topliss-reactive ketones (excluding diaryl/α,β-unsaturated/α-hetero) is 2. The van der Waals surface area contributed by atoms with Crippen molar-refractivity contribution in [2.24, 2.45) is 11.3 Å². The fraction of sp³-hybridized carbons (Fsp3) is 0.818. The van der Waals surface area contributed by atoms with Gasteiger partial charge in [0.25, 0.3) is 0 Å². The molecule has 0 radical (unpaired) electrons. The van der Waals surface area contributed by atoms with Crippen LogP contribution in [0.5, 0.6) is 0 Å². The van der Waals surface area contributed by atoms with E-state index >= 15 is 0 Å². The molecule has 0 aliphatic heterocycles. The van der Waals surface area contributed by atoms with Crippen molar-refractivity contribution in [1.82, 2.24) is 0 Å². The van der Waals surface area contributed by atoms with Gasteiger partial charge in [-0.3, -0.25) is 9.59 Å². The maximum atomic E-state index is 11.7. The summed E-state index contributed by atoms with van der Waals surface area (Å²) in [6.07, 6.45) is 5.11. The summed E-state index contributed by atoms with van der Waals surface area (Å²) < 4.78 is 0. The van der Waals surface area contributed by atoms with E-state index in [4.69, 9.17) is 0 Å². The Bertz CT molecular complexity index is 257. The van der Waals surface area contributed by atoms with Crippen LogP contribution in [0.4, 0.5) is 0 Å². The molecule has 13 heavy (non-hydrogen) atoms. The van der Waals surface area contributed by atoms with E-state index in [9.17, 15) is 9.59 Å². The van der Waals surface area contributed by atoms with Crippen molar-refractivity contribution < 1.29 is 9.59 Å². The average Bonchev–Trinajstić information content (AvgIpc) is 2.08. The molecule has 0 aromatic rings. The minimum Gasteiger partial charge on any atom is -0.299 e. The van der Waals surface area contributed by atoms with Gasteiger partial charge < -0.3 is 0 Å². The summed E-state index contributed by atoms with van der Waals surface area (Å²) in [5, 5.41) is 0. The molecular weight excluding hydrogens is 164 g/mol. The van der Waals surface area contributed by atoms with Crippen LogP contribution in [0, 0.1) is 11.3 Å². The molecule has 2 atom stereocenters. The highest BCUT2D eigenvalue weighted by atomic mass is 16.1. The van der Waals surface area contributed by atoms with Crippen LogP contribution in [0.25, 0.3) is 0 Å². The van der Waals surface area contributed by atoms with Crippen LogP contribution in [0.1, 0.15) is 45.4 Å². The Labute approximate surface area is 78.7 Å². The summed E-state index contributed by atoms with van der Waals surface area (Å²) in [7, 11) is 0. The molecule has 2 heteroatoms. The Morgan fingerprint density at radius 3 is 2.69 bits per heavy atom. The Morgan fingerprint density at radius 2 is 2.00 bits per heavy atom. The number of ketones is 2. The lowest BCUT2D eigenvalue weighted by molar-refractivity contribution is -0.146. The monoisotopic (exact) mass is 180 g/mol. The first-order valence-electron chi connectivity index (χ1n) is 5.20. The van der Waals surface area contributed by atoms with Gasteiger partial charge >= 0.3 is 0 Å². The maximum Gasteiger partial charge on any atom is 0.139 e. The highest BCUT2D eigenvalue weighted by molar-refractivity contribution is 5.94. The molecule has 2 fully saturated rings. The van der Waals surface area contributed by atoms with Crippen molar-refractivity contribution in [2.75, 3.05) is 0 Å². The van der Waals surface area contributed by atoms with Crippen LogP contribution in [0.15, 0.2) is 0 Å². The molecular formula is C11H16O2. The quantitative estimate of drug-likeness (QED) is 0.572. The minimum absolute atomic E-state index is 0.0579. The van der Waals surface area contributed by atoms with Crippen molar-refractivity contribution in [3.8, 4) is 0 Å². The topological polar surface area (TPSA) is 34.1 Å². The molecule has 0 aromatic heterocycles. The average molecular weight is 180 g/mol. The minimum atomic E-state index is -0.284. The lowest BCUT2D eigenvalue weighted by atomic mass is 9.59. The zero-order valence-electron chi connectivity index (χ0n) is 8.14. The molecule has 0 spiro atoms. The summed E-state index contributed by atoms with van der Waals surface area (Å²) in [6, 6.07) is 0. The third-order valence-electron chi connectivity index (χ3n) is 3.81. The second kappa shape index (κ2) is 2.93. The number of hydrogen-bond donors (Lipinski definition) is 0. The van der Waals surface area contributed by atoms with E-state index in [0.29, 0.717) is 24.4 Å². The van der Waals surface area contributed by atoms with E-state index in [1.807, 2.05) is 6.92 Å². The predicted molar refractivity (Wildman–Crippen MR) is 49.3 cm³/mol. The highest BCUT2D eigenvalue weighted by Crippen LogP contribution is 2.46. The third-order valence-corrected chi connectivity index (χ3v) is 3.81. The fourth-order valence-corrected chi connectivity index (χ4v) is 2.90. The zero-order valence-corrected chi connectivity index (χ0v) is 8.14. The molecule has 2 rings (SSSR count). The molecule has 0 N–H and O–H groups in total. The number of carbonyl (C=O) groups excluding carboxylic acids is 2. The van der Waals surface area contributed by atoms with Crippen LogP contribution in [0.3, 0.4) is 0 Å². The molecule has 0 heterocycles. The van der Waals surface area contributed by atoms with Gasteiger partial charge in [-0.25, -0.2) is 0 Å². The van der Waals surface area contributed by atoms with Gasteiger partial charge in [-0.1, -0.05) is 6.92 Å². The van der Waals surface area contributed by atoms with Crippen molar-refractivity contribution in [3.63, 3.8) is 0 Å². The number of carbonyl (C=O) groups is 2. The molecule has 2 saturated carbocycles. The summed E-state index contributed by atoms with van der Waals surface area (Å²) >= 11 is 0. The molecule has 0 aromatic carbocycles.